The molecule has 4 aromatic carbocycles. The topological polar surface area (TPSA) is 124 Å². The number of hydrogen-bond donors (Lipinski definition) is 2. The highest BCUT2D eigenvalue weighted by Crippen LogP contribution is 2.48. The lowest BCUT2D eigenvalue weighted by atomic mass is 10.1. The van der Waals surface area contributed by atoms with Crippen LogP contribution < -0.4 is 14.9 Å². The van der Waals surface area contributed by atoms with Gasteiger partial charge in [0.2, 0.25) is 0 Å². The van der Waals surface area contributed by atoms with Crippen LogP contribution in [0.3, 0.4) is 0 Å². The molecule has 0 saturated heterocycles. The van der Waals surface area contributed by atoms with Gasteiger partial charge in [-0.25, -0.2) is 9.65 Å². The number of benzene rings is 4. The van der Waals surface area contributed by atoms with Gasteiger partial charge in [0.25, 0.3) is 5.91 Å². The number of methoxy groups -OCH3 is 1. The molecule has 48 heavy (non-hydrogen) atoms. The Morgan fingerprint density at radius 3 is 2.46 bits per heavy atom. The quantitative estimate of drug-likeness (QED) is 0.106. The lowest BCUT2D eigenvalue weighted by Gasteiger charge is -2.23. The molecule has 1 unspecified atom stereocenters. The molecule has 2 atom stereocenters. The van der Waals surface area contributed by atoms with Crippen molar-refractivity contribution in [1.29, 1.82) is 0 Å². The van der Waals surface area contributed by atoms with E-state index >= 15 is 4.57 Å². The summed E-state index contributed by atoms with van der Waals surface area (Å²) >= 11 is 1.38. The van der Waals surface area contributed by atoms with Gasteiger partial charge in [0.1, 0.15) is 11.8 Å². The Morgan fingerprint density at radius 1 is 0.917 bits per heavy atom. The second kappa shape index (κ2) is 14.3. The van der Waals surface area contributed by atoms with E-state index in [4.69, 9.17) is 14.4 Å². The Kier molecular flexibility index (Phi) is 9.72. The van der Waals surface area contributed by atoms with Gasteiger partial charge in [-0.3, -0.25) is 14.6 Å². The second-order valence-corrected chi connectivity index (χ2v) is 13.7. The SMILES string of the molecule is CNC(=O)c1ccccc1Sc1ccc2c(/C=C/c3ccccn3)nn(P(=O)(N[C@@H](C)C(=O)OC)Oc3ccc4ccccc4c3)c2c1. The van der Waals surface area contributed by atoms with Crippen molar-refractivity contribution in [3.05, 3.63) is 126 Å². The third-order valence-electron chi connectivity index (χ3n) is 7.46. The number of esters is 1. The summed E-state index contributed by atoms with van der Waals surface area (Å²) in [5.41, 5.74) is 2.22. The van der Waals surface area contributed by atoms with Crippen LogP contribution in [0.5, 0.6) is 5.75 Å². The summed E-state index contributed by atoms with van der Waals surface area (Å²) in [5, 5.41) is 12.9. The predicted octanol–water partition coefficient (Wildman–Crippen LogP) is 7.45. The monoisotopic (exact) mass is 677 g/mol. The number of amides is 1. The van der Waals surface area contributed by atoms with Crippen LogP contribution in [-0.2, 0) is 14.1 Å². The van der Waals surface area contributed by atoms with Crippen LogP contribution in [0.15, 0.2) is 119 Å². The van der Waals surface area contributed by atoms with E-state index in [2.05, 4.69) is 15.4 Å². The average Bonchev–Trinajstić information content (AvgIpc) is 3.49. The zero-order valence-electron chi connectivity index (χ0n) is 26.4. The predicted molar refractivity (Wildman–Crippen MR) is 189 cm³/mol. The fraction of sp³-hybridized carbons (Fsp3) is 0.111. The number of rotatable bonds is 11. The molecule has 6 aromatic rings. The van der Waals surface area contributed by atoms with Crippen molar-refractivity contribution in [3.8, 4) is 5.75 Å². The maximum atomic E-state index is 15.2. The van der Waals surface area contributed by atoms with E-state index in [-0.39, 0.29) is 5.91 Å². The second-order valence-electron chi connectivity index (χ2n) is 10.7. The van der Waals surface area contributed by atoms with Crippen LogP contribution in [0.4, 0.5) is 0 Å². The summed E-state index contributed by atoms with van der Waals surface area (Å²) in [6.45, 7) is 1.55. The van der Waals surface area contributed by atoms with E-state index in [1.54, 1.807) is 44.4 Å². The molecule has 0 bridgehead atoms. The van der Waals surface area contributed by atoms with E-state index < -0.39 is 19.7 Å². The van der Waals surface area contributed by atoms with Gasteiger partial charge in [-0.1, -0.05) is 60.3 Å². The van der Waals surface area contributed by atoms with E-state index in [9.17, 15) is 9.59 Å². The van der Waals surface area contributed by atoms with Gasteiger partial charge in [0.05, 0.1) is 29.6 Å². The van der Waals surface area contributed by atoms with Crippen molar-refractivity contribution in [2.45, 2.75) is 22.8 Å². The molecule has 1 amide bonds. The van der Waals surface area contributed by atoms with Gasteiger partial charge in [-0.05, 0) is 84.4 Å². The first-order chi connectivity index (χ1) is 23.3. The molecule has 242 valence electrons. The zero-order valence-corrected chi connectivity index (χ0v) is 28.1. The van der Waals surface area contributed by atoms with E-state index in [1.807, 2.05) is 91.0 Å². The molecule has 0 saturated carbocycles. The third-order valence-corrected chi connectivity index (χ3v) is 10.5. The summed E-state index contributed by atoms with van der Waals surface area (Å²) < 4.78 is 27.7. The van der Waals surface area contributed by atoms with Crippen LogP contribution in [0, 0.1) is 0 Å². The number of ether oxygens (including phenoxy) is 1. The summed E-state index contributed by atoms with van der Waals surface area (Å²) in [6.07, 6.45) is 5.30. The van der Waals surface area contributed by atoms with Crippen molar-refractivity contribution in [2.75, 3.05) is 14.2 Å². The average molecular weight is 678 g/mol. The van der Waals surface area contributed by atoms with Gasteiger partial charge in [0, 0.05) is 28.4 Å². The van der Waals surface area contributed by atoms with Gasteiger partial charge >= 0.3 is 13.6 Å². The molecule has 2 heterocycles. The Morgan fingerprint density at radius 2 is 1.69 bits per heavy atom. The number of pyridine rings is 1. The molecule has 0 aliphatic heterocycles. The van der Waals surface area contributed by atoms with E-state index in [1.165, 1.54) is 23.3 Å². The number of fused-ring (bicyclic) bond motifs is 2. The fourth-order valence-electron chi connectivity index (χ4n) is 5.10. The minimum absolute atomic E-state index is 0.208. The lowest BCUT2D eigenvalue weighted by Crippen LogP contribution is -2.36. The molecule has 0 radical (unpaired) electrons. The Balaban J connectivity index is 1.51. The molecule has 2 N–H and O–H groups in total. The number of carbonyl (C=O) groups is 2. The van der Waals surface area contributed by atoms with Gasteiger partial charge in [-0.2, -0.15) is 9.55 Å². The first-order valence-electron chi connectivity index (χ1n) is 15.0. The Hall–Kier alpha value is -5.22. The molecular formula is C36H32N5O5PS. The Labute approximate surface area is 281 Å². The molecule has 0 spiro atoms. The van der Waals surface area contributed by atoms with Crippen LogP contribution in [0.25, 0.3) is 33.8 Å². The van der Waals surface area contributed by atoms with Gasteiger partial charge in [-0.15, -0.1) is 0 Å². The van der Waals surface area contributed by atoms with Crippen LogP contribution in [0.2, 0.25) is 0 Å². The highest BCUT2D eigenvalue weighted by Gasteiger charge is 2.36. The van der Waals surface area contributed by atoms with Crippen LogP contribution in [-0.4, -0.2) is 46.6 Å². The van der Waals surface area contributed by atoms with Crippen LogP contribution in [0.1, 0.15) is 28.7 Å². The molecule has 2 aromatic heterocycles. The summed E-state index contributed by atoms with van der Waals surface area (Å²) in [7, 11) is -1.37. The molecular weight excluding hydrogens is 645 g/mol. The highest BCUT2D eigenvalue weighted by atomic mass is 32.2. The molecule has 0 aliphatic carbocycles. The first-order valence-corrected chi connectivity index (χ1v) is 17.4. The molecule has 6 rings (SSSR count). The smallest absolute Gasteiger partial charge is 0.440 e. The standard InChI is InChI=1S/C36H32N5O5PS/c1-24(36(43)45-3)40-47(44,46-28-17-15-25-10-4-5-11-26(25)22-28)41-33-23-29(48-34-14-7-6-13-31(34)35(42)37-2)18-19-30(33)32(39-41)20-16-27-12-8-9-21-38-27/h4-24H,1-3H3,(H,37,42)(H,40,44)/b20-16+/t24-,47?/m0/s1. The number of nitrogens with one attached hydrogen (secondary N) is 2. The number of aromatic nitrogens is 3. The van der Waals surface area contributed by atoms with E-state index in [0.29, 0.717) is 33.6 Å². The van der Waals surface area contributed by atoms with Crippen molar-refractivity contribution in [2.24, 2.45) is 0 Å². The van der Waals surface area contributed by atoms with Crippen molar-refractivity contribution < 1.29 is 23.4 Å². The lowest BCUT2D eigenvalue weighted by molar-refractivity contribution is -0.142. The van der Waals surface area contributed by atoms with Crippen molar-refractivity contribution >= 4 is 65.1 Å². The minimum atomic E-state index is -4.22. The maximum Gasteiger partial charge on any atom is 0.440 e. The first kappa shape index (κ1) is 32.7. The largest absolute Gasteiger partial charge is 0.468 e. The van der Waals surface area contributed by atoms with Gasteiger partial charge in [0.15, 0.2) is 0 Å². The normalized spacial score (nSPS) is 13.3. The third kappa shape index (κ3) is 7.03. The number of nitrogens with zero attached hydrogens (tertiary/aromatic N) is 3. The number of hydrogen-bond acceptors (Lipinski definition) is 8. The number of carbonyl (C=O) groups excluding carboxylic acids is 2. The molecule has 0 fully saturated rings. The van der Waals surface area contributed by atoms with E-state index in [0.717, 1.165) is 20.6 Å². The summed E-state index contributed by atoms with van der Waals surface area (Å²) in [6, 6.07) is 30.6. The van der Waals surface area contributed by atoms with Crippen LogP contribution >= 0.6 is 19.4 Å². The summed E-state index contributed by atoms with van der Waals surface area (Å²) in [5.74, 6) is -0.507. The molecule has 12 heteroatoms. The molecule has 10 nitrogen and oxygen atoms in total. The summed E-state index contributed by atoms with van der Waals surface area (Å²) in [4.78, 5) is 31.1. The molecule has 0 aliphatic rings. The van der Waals surface area contributed by atoms with Gasteiger partial charge < -0.3 is 14.6 Å². The van der Waals surface area contributed by atoms with Crippen molar-refractivity contribution in [1.82, 2.24) is 24.9 Å². The Bertz CT molecular complexity index is 2200. The maximum absolute atomic E-state index is 15.2. The zero-order chi connectivity index (χ0) is 33.7. The minimum Gasteiger partial charge on any atom is -0.468 e. The highest BCUT2D eigenvalue weighted by molar-refractivity contribution is 7.99. The fourth-order valence-corrected chi connectivity index (χ4v) is 7.97. The van der Waals surface area contributed by atoms with Crippen molar-refractivity contribution in [3.63, 3.8) is 0 Å².